The van der Waals surface area contributed by atoms with E-state index < -0.39 is 6.10 Å². The molecule has 0 bridgehead atoms. The third-order valence-electron chi connectivity index (χ3n) is 11.6. The summed E-state index contributed by atoms with van der Waals surface area (Å²) in [6.07, 6.45) is 72.7. The van der Waals surface area contributed by atoms with E-state index >= 15 is 0 Å². The van der Waals surface area contributed by atoms with Gasteiger partial charge in [-0.1, -0.05) is 234 Å². The minimum Gasteiger partial charge on any atom is -0.462 e. The Balaban J connectivity index is 4.38. The van der Waals surface area contributed by atoms with E-state index in [1.165, 1.54) is 116 Å². The monoisotopic (exact) mass is 931 g/mol. The highest BCUT2D eigenvalue weighted by molar-refractivity contribution is 5.71. The van der Waals surface area contributed by atoms with Crippen LogP contribution in [0.25, 0.3) is 0 Å². The summed E-state index contributed by atoms with van der Waals surface area (Å²) in [5.74, 6) is -0.967. The Morgan fingerprint density at radius 2 is 0.597 bits per heavy atom. The van der Waals surface area contributed by atoms with Gasteiger partial charge in [0.2, 0.25) is 0 Å². The first-order chi connectivity index (χ1) is 33.0. The van der Waals surface area contributed by atoms with E-state index in [2.05, 4.69) is 118 Å². The summed E-state index contributed by atoms with van der Waals surface area (Å²) in [5, 5.41) is 0. The van der Waals surface area contributed by atoms with Crippen molar-refractivity contribution in [3.8, 4) is 0 Å². The van der Waals surface area contributed by atoms with Crippen molar-refractivity contribution < 1.29 is 28.6 Å². The van der Waals surface area contributed by atoms with E-state index in [0.29, 0.717) is 19.3 Å². The Kier molecular flexibility index (Phi) is 51.9. The van der Waals surface area contributed by atoms with E-state index in [4.69, 9.17) is 14.2 Å². The number of esters is 3. The molecule has 0 saturated heterocycles. The highest BCUT2D eigenvalue weighted by Crippen LogP contribution is 2.14. The van der Waals surface area contributed by atoms with Crippen LogP contribution in [0.3, 0.4) is 0 Å². The fourth-order valence-electron chi connectivity index (χ4n) is 7.43. The predicted octanol–water partition coefficient (Wildman–Crippen LogP) is 18.5. The van der Waals surface area contributed by atoms with Crippen LogP contribution in [0.2, 0.25) is 0 Å². The normalized spacial score (nSPS) is 12.8. The molecule has 0 radical (unpaired) electrons. The molecule has 0 heterocycles. The molecule has 0 aliphatic rings. The first kappa shape index (κ1) is 63.3. The maximum absolute atomic E-state index is 12.8. The molecule has 0 aromatic rings. The molecular formula is C61H102O6. The number of carbonyl (C=O) groups excluding carboxylic acids is 3. The number of unbranched alkanes of at least 4 members (excludes halogenated alkanes) is 22. The molecule has 0 saturated carbocycles. The highest BCUT2D eigenvalue weighted by atomic mass is 16.6. The van der Waals surface area contributed by atoms with Crippen molar-refractivity contribution in [2.45, 2.75) is 258 Å². The number of ether oxygens (including phenoxy) is 3. The van der Waals surface area contributed by atoms with E-state index in [9.17, 15) is 14.4 Å². The molecule has 0 aliphatic heterocycles. The molecule has 6 nitrogen and oxygen atoms in total. The van der Waals surface area contributed by atoms with Gasteiger partial charge in [0.05, 0.1) is 0 Å². The molecule has 0 aliphatic carbocycles. The standard InChI is InChI=1S/C61H102O6/c1-4-7-10-13-16-19-21-23-25-27-29-30-31-32-33-35-36-38-40-42-45-48-51-54-60(63)66-57-58(56-65-59(62)53-50-47-44-18-15-12-9-6-3)67-61(64)55-52-49-46-43-41-39-37-34-28-26-24-22-20-17-14-11-8-5-2/h7,10,16,19,23,25-26,28-30,32-33,36,38,42,45,58H,4-6,8-9,11-15,17-18,20-22,24,27,31,34-35,37,39-41,43-44,46-57H2,1-3H3/b10-7-,19-16-,25-23-,28-26-,30-29-,33-32-,38-36-,45-42-. The molecule has 1 unspecified atom stereocenters. The van der Waals surface area contributed by atoms with Crippen LogP contribution in [-0.2, 0) is 28.6 Å². The molecule has 0 fully saturated rings. The minimum absolute atomic E-state index is 0.0967. The first-order valence-electron chi connectivity index (χ1n) is 27.7. The van der Waals surface area contributed by atoms with Crippen LogP contribution < -0.4 is 0 Å². The zero-order valence-electron chi connectivity index (χ0n) is 43.6. The van der Waals surface area contributed by atoms with Gasteiger partial charge in [-0.15, -0.1) is 0 Å². The average molecular weight is 931 g/mol. The Morgan fingerprint density at radius 1 is 0.313 bits per heavy atom. The zero-order valence-corrected chi connectivity index (χ0v) is 43.6. The summed E-state index contributed by atoms with van der Waals surface area (Å²) in [6.45, 7) is 6.44. The number of allylic oxidation sites excluding steroid dienone is 16. The molecular weight excluding hydrogens is 829 g/mol. The van der Waals surface area contributed by atoms with E-state index in [1.807, 2.05) is 0 Å². The van der Waals surface area contributed by atoms with Gasteiger partial charge in [-0.25, -0.2) is 0 Å². The molecule has 1 atom stereocenters. The maximum Gasteiger partial charge on any atom is 0.306 e. The molecule has 0 spiro atoms. The van der Waals surface area contributed by atoms with Gasteiger partial charge in [0.1, 0.15) is 13.2 Å². The summed E-state index contributed by atoms with van der Waals surface area (Å²) in [6, 6.07) is 0. The second kappa shape index (κ2) is 54.9. The van der Waals surface area contributed by atoms with Crippen molar-refractivity contribution >= 4 is 17.9 Å². The SMILES string of the molecule is CC/C=C\C/C=C\C/C=C\C/C=C\C/C=C\C/C=C\C/C=C\CCCC(=O)OCC(COC(=O)CCCCCCCCCC)OC(=O)CCCCCCCCC/C=C\CCCCCCCCC. The molecule has 0 aromatic heterocycles. The van der Waals surface area contributed by atoms with Gasteiger partial charge in [-0.05, 0) is 96.3 Å². The first-order valence-corrected chi connectivity index (χ1v) is 27.7. The number of hydrogen-bond donors (Lipinski definition) is 0. The van der Waals surface area contributed by atoms with Crippen LogP contribution in [0.5, 0.6) is 0 Å². The van der Waals surface area contributed by atoms with Crippen molar-refractivity contribution in [2.24, 2.45) is 0 Å². The van der Waals surface area contributed by atoms with Crippen LogP contribution in [0.15, 0.2) is 97.2 Å². The van der Waals surface area contributed by atoms with Gasteiger partial charge in [0.25, 0.3) is 0 Å². The summed E-state index contributed by atoms with van der Waals surface area (Å²) in [7, 11) is 0. The van der Waals surface area contributed by atoms with Crippen LogP contribution >= 0.6 is 0 Å². The van der Waals surface area contributed by atoms with Gasteiger partial charge in [0.15, 0.2) is 6.10 Å². The van der Waals surface area contributed by atoms with Gasteiger partial charge < -0.3 is 14.2 Å². The number of hydrogen-bond acceptors (Lipinski definition) is 6. The second-order valence-corrected chi connectivity index (χ2v) is 18.1. The van der Waals surface area contributed by atoms with Crippen molar-refractivity contribution in [3.05, 3.63) is 97.2 Å². The molecule has 0 amide bonds. The van der Waals surface area contributed by atoms with Gasteiger partial charge >= 0.3 is 17.9 Å². The lowest BCUT2D eigenvalue weighted by Gasteiger charge is -2.18. The predicted molar refractivity (Wildman–Crippen MR) is 288 cm³/mol. The van der Waals surface area contributed by atoms with Crippen LogP contribution in [-0.4, -0.2) is 37.2 Å². The Bertz CT molecular complexity index is 1350. The van der Waals surface area contributed by atoms with Crippen molar-refractivity contribution in [1.82, 2.24) is 0 Å². The number of carbonyl (C=O) groups is 3. The smallest absolute Gasteiger partial charge is 0.306 e. The van der Waals surface area contributed by atoms with E-state index in [1.54, 1.807) is 0 Å². The molecule has 67 heavy (non-hydrogen) atoms. The molecule has 382 valence electrons. The summed E-state index contributed by atoms with van der Waals surface area (Å²) >= 11 is 0. The topological polar surface area (TPSA) is 78.9 Å². The number of rotatable bonds is 49. The quantitative estimate of drug-likeness (QED) is 0.0262. The lowest BCUT2D eigenvalue weighted by Crippen LogP contribution is -2.30. The van der Waals surface area contributed by atoms with Crippen molar-refractivity contribution in [1.29, 1.82) is 0 Å². The molecule has 0 aromatic carbocycles. The van der Waals surface area contributed by atoms with Crippen LogP contribution in [0.1, 0.15) is 252 Å². The Hall–Kier alpha value is -3.67. The molecule has 0 N–H and O–H groups in total. The van der Waals surface area contributed by atoms with E-state index in [-0.39, 0.29) is 37.5 Å². The minimum atomic E-state index is -0.801. The highest BCUT2D eigenvalue weighted by Gasteiger charge is 2.19. The third kappa shape index (κ3) is 53.2. The van der Waals surface area contributed by atoms with Crippen LogP contribution in [0.4, 0.5) is 0 Å². The maximum atomic E-state index is 12.8. The Labute approximate surface area is 413 Å². The van der Waals surface area contributed by atoms with Gasteiger partial charge in [0, 0.05) is 19.3 Å². The molecule has 0 rings (SSSR count). The largest absolute Gasteiger partial charge is 0.462 e. The average Bonchev–Trinajstić information content (AvgIpc) is 3.33. The fraction of sp³-hybridized carbons (Fsp3) is 0.689. The Morgan fingerprint density at radius 3 is 0.985 bits per heavy atom. The lowest BCUT2D eigenvalue weighted by atomic mass is 10.1. The van der Waals surface area contributed by atoms with Gasteiger partial charge in [-0.2, -0.15) is 0 Å². The van der Waals surface area contributed by atoms with Crippen LogP contribution in [0, 0.1) is 0 Å². The fourth-order valence-corrected chi connectivity index (χ4v) is 7.43. The summed E-state index contributed by atoms with van der Waals surface area (Å²) in [4.78, 5) is 37.9. The second-order valence-electron chi connectivity index (χ2n) is 18.1. The summed E-state index contributed by atoms with van der Waals surface area (Å²) in [5.41, 5.74) is 0. The van der Waals surface area contributed by atoms with Crippen molar-refractivity contribution in [2.75, 3.05) is 13.2 Å². The third-order valence-corrected chi connectivity index (χ3v) is 11.6. The zero-order chi connectivity index (χ0) is 48.6. The van der Waals surface area contributed by atoms with Crippen molar-refractivity contribution in [3.63, 3.8) is 0 Å². The molecule has 6 heteroatoms. The van der Waals surface area contributed by atoms with E-state index in [0.717, 1.165) is 89.9 Å². The van der Waals surface area contributed by atoms with Gasteiger partial charge in [-0.3, -0.25) is 14.4 Å². The summed E-state index contributed by atoms with van der Waals surface area (Å²) < 4.78 is 16.7. The lowest BCUT2D eigenvalue weighted by molar-refractivity contribution is -0.167.